The Bertz CT molecular complexity index is 3310. The van der Waals surface area contributed by atoms with Gasteiger partial charge in [0.2, 0.25) is 0 Å². The number of hydrogen-bond donors (Lipinski definition) is 0. The number of nitrogens with zero attached hydrogens (tertiary/aromatic N) is 1. The van der Waals surface area contributed by atoms with E-state index in [1.54, 1.807) is 0 Å². The molecule has 0 saturated carbocycles. The van der Waals surface area contributed by atoms with Crippen LogP contribution in [0.25, 0.3) is 87.6 Å². The van der Waals surface area contributed by atoms with Gasteiger partial charge in [0.05, 0.1) is 0 Å². The molecular formula is C58H39N. The number of rotatable bonds is 7. The molecule has 0 unspecified atom stereocenters. The van der Waals surface area contributed by atoms with E-state index in [1.807, 2.05) is 0 Å². The van der Waals surface area contributed by atoms with Gasteiger partial charge in [0.1, 0.15) is 0 Å². The quantitative estimate of drug-likeness (QED) is 0.147. The topological polar surface area (TPSA) is 3.24 Å². The highest BCUT2D eigenvalue weighted by Gasteiger charge is 2.17. The minimum absolute atomic E-state index is 1.11. The molecule has 0 aliphatic rings. The van der Waals surface area contributed by atoms with E-state index in [-0.39, 0.29) is 0 Å². The summed E-state index contributed by atoms with van der Waals surface area (Å²) in [4.78, 5) is 2.42. The van der Waals surface area contributed by atoms with E-state index >= 15 is 0 Å². The fourth-order valence-corrected chi connectivity index (χ4v) is 8.78. The van der Waals surface area contributed by atoms with Gasteiger partial charge in [-0.15, -0.1) is 0 Å². The predicted octanol–water partition coefficient (Wildman–Crippen LogP) is 16.4. The molecule has 0 spiro atoms. The van der Waals surface area contributed by atoms with Gasteiger partial charge in [-0.25, -0.2) is 0 Å². The molecule has 59 heavy (non-hydrogen) atoms. The summed E-state index contributed by atoms with van der Waals surface area (Å²) in [5.41, 5.74) is 13.0. The Morgan fingerprint density at radius 1 is 0.203 bits per heavy atom. The van der Waals surface area contributed by atoms with E-state index in [9.17, 15) is 0 Å². The molecule has 0 aliphatic heterocycles. The molecule has 0 bridgehead atoms. The molecule has 0 saturated heterocycles. The maximum absolute atomic E-state index is 2.42. The second-order valence-corrected chi connectivity index (χ2v) is 15.4. The van der Waals surface area contributed by atoms with E-state index in [1.165, 1.54) is 87.6 Å². The smallest absolute Gasteiger partial charge is 0.0468 e. The van der Waals surface area contributed by atoms with Crippen molar-refractivity contribution in [3.8, 4) is 44.5 Å². The van der Waals surface area contributed by atoms with Crippen LogP contribution in [0.2, 0.25) is 0 Å². The first kappa shape index (κ1) is 34.5. The lowest BCUT2D eigenvalue weighted by molar-refractivity contribution is 1.29. The van der Waals surface area contributed by atoms with Crippen molar-refractivity contribution >= 4 is 60.2 Å². The Kier molecular flexibility index (Phi) is 8.56. The van der Waals surface area contributed by atoms with Crippen molar-refractivity contribution < 1.29 is 0 Å². The lowest BCUT2D eigenvalue weighted by Gasteiger charge is -2.27. The third-order valence-electron chi connectivity index (χ3n) is 11.8. The fraction of sp³-hybridized carbons (Fsp3) is 0. The molecule has 0 amide bonds. The van der Waals surface area contributed by atoms with Crippen LogP contribution in [-0.4, -0.2) is 0 Å². The van der Waals surface area contributed by atoms with Crippen LogP contribution in [0.15, 0.2) is 237 Å². The third-order valence-corrected chi connectivity index (χ3v) is 11.8. The molecule has 1 nitrogen and oxygen atoms in total. The molecule has 0 heterocycles. The van der Waals surface area contributed by atoms with E-state index in [4.69, 9.17) is 0 Å². The first-order chi connectivity index (χ1) is 29.2. The summed E-state index contributed by atoms with van der Waals surface area (Å²) in [6.07, 6.45) is 0. The average Bonchev–Trinajstić information content (AvgIpc) is 3.31. The van der Waals surface area contributed by atoms with Crippen LogP contribution in [-0.2, 0) is 0 Å². The average molecular weight is 750 g/mol. The van der Waals surface area contributed by atoms with E-state index in [0.29, 0.717) is 0 Å². The van der Waals surface area contributed by atoms with Gasteiger partial charge in [0.15, 0.2) is 0 Å². The minimum Gasteiger partial charge on any atom is -0.310 e. The van der Waals surface area contributed by atoms with Crippen molar-refractivity contribution in [2.45, 2.75) is 0 Å². The van der Waals surface area contributed by atoms with Gasteiger partial charge in [-0.2, -0.15) is 0 Å². The Labute approximate surface area is 344 Å². The molecule has 0 radical (unpaired) electrons. The molecule has 0 N–H and O–H groups in total. The van der Waals surface area contributed by atoms with Crippen LogP contribution in [0.4, 0.5) is 17.1 Å². The summed E-state index contributed by atoms with van der Waals surface area (Å²) in [7, 11) is 0. The number of hydrogen-bond acceptors (Lipinski definition) is 1. The zero-order valence-corrected chi connectivity index (χ0v) is 32.5. The Hall–Kier alpha value is -7.74. The van der Waals surface area contributed by atoms with E-state index in [0.717, 1.165) is 17.1 Å². The van der Waals surface area contributed by atoms with Crippen LogP contribution < -0.4 is 4.90 Å². The van der Waals surface area contributed by atoms with Crippen LogP contribution >= 0.6 is 0 Å². The van der Waals surface area contributed by atoms with Crippen LogP contribution in [0.1, 0.15) is 0 Å². The summed E-state index contributed by atoms with van der Waals surface area (Å²) in [5.74, 6) is 0. The molecule has 11 aromatic rings. The van der Waals surface area contributed by atoms with Crippen LogP contribution in [0.3, 0.4) is 0 Å². The lowest BCUT2D eigenvalue weighted by atomic mass is 9.92. The lowest BCUT2D eigenvalue weighted by Crippen LogP contribution is -2.10. The summed E-state index contributed by atoms with van der Waals surface area (Å²) in [5, 5.41) is 9.84. The maximum Gasteiger partial charge on any atom is 0.0468 e. The highest BCUT2D eigenvalue weighted by atomic mass is 15.1. The van der Waals surface area contributed by atoms with Crippen LogP contribution in [0, 0.1) is 0 Å². The van der Waals surface area contributed by atoms with E-state index < -0.39 is 0 Å². The molecular weight excluding hydrogens is 711 g/mol. The second kappa shape index (κ2) is 14.6. The summed E-state index contributed by atoms with van der Waals surface area (Å²) in [6, 6.07) is 86.4. The SMILES string of the molecule is c1ccc(-c2cccc(N(c3ccc4ccc(-c5ccc6cc(-c7ccccc7)ccc6c5)cc4c3)c3ccc4c(-c5ccccc5)cc5ccccc5c4c3)c2)cc1. The van der Waals surface area contributed by atoms with Gasteiger partial charge < -0.3 is 4.90 Å². The van der Waals surface area contributed by atoms with Crippen molar-refractivity contribution in [1.82, 2.24) is 0 Å². The van der Waals surface area contributed by atoms with Crippen molar-refractivity contribution in [1.29, 1.82) is 0 Å². The maximum atomic E-state index is 2.42. The number of anilines is 3. The Morgan fingerprint density at radius 2 is 0.695 bits per heavy atom. The molecule has 0 aromatic heterocycles. The number of benzene rings is 11. The molecule has 276 valence electrons. The van der Waals surface area contributed by atoms with Crippen molar-refractivity contribution in [2.24, 2.45) is 0 Å². The zero-order valence-electron chi connectivity index (χ0n) is 32.5. The van der Waals surface area contributed by atoms with Gasteiger partial charge in [0, 0.05) is 17.1 Å². The first-order valence-electron chi connectivity index (χ1n) is 20.3. The summed E-state index contributed by atoms with van der Waals surface area (Å²) in [6.45, 7) is 0. The zero-order chi connectivity index (χ0) is 39.1. The molecule has 0 aliphatic carbocycles. The van der Waals surface area contributed by atoms with Gasteiger partial charge in [-0.1, -0.05) is 176 Å². The summed E-state index contributed by atoms with van der Waals surface area (Å²) >= 11 is 0. The van der Waals surface area contributed by atoms with Gasteiger partial charge in [-0.3, -0.25) is 0 Å². The molecule has 0 atom stereocenters. The predicted molar refractivity (Wildman–Crippen MR) is 253 cm³/mol. The van der Waals surface area contributed by atoms with Crippen molar-refractivity contribution in [3.63, 3.8) is 0 Å². The Balaban J connectivity index is 1.06. The van der Waals surface area contributed by atoms with Gasteiger partial charge in [-0.05, 0) is 148 Å². The highest BCUT2D eigenvalue weighted by Crippen LogP contribution is 2.43. The molecule has 1 heteroatoms. The molecule has 0 fully saturated rings. The highest BCUT2D eigenvalue weighted by molar-refractivity contribution is 6.15. The largest absolute Gasteiger partial charge is 0.310 e. The third kappa shape index (κ3) is 6.49. The molecule has 11 aromatic carbocycles. The van der Waals surface area contributed by atoms with E-state index in [2.05, 4.69) is 241 Å². The van der Waals surface area contributed by atoms with Crippen LogP contribution in [0.5, 0.6) is 0 Å². The minimum atomic E-state index is 1.11. The fourth-order valence-electron chi connectivity index (χ4n) is 8.78. The normalized spacial score (nSPS) is 11.4. The summed E-state index contributed by atoms with van der Waals surface area (Å²) < 4.78 is 0. The molecule has 11 rings (SSSR count). The van der Waals surface area contributed by atoms with Crippen molar-refractivity contribution in [2.75, 3.05) is 4.90 Å². The monoisotopic (exact) mass is 749 g/mol. The van der Waals surface area contributed by atoms with Gasteiger partial charge in [0.25, 0.3) is 0 Å². The number of fused-ring (bicyclic) bond motifs is 5. The second-order valence-electron chi connectivity index (χ2n) is 15.4. The Morgan fingerprint density at radius 3 is 1.39 bits per heavy atom. The standard InChI is InChI=1S/C58H39N/c1-4-13-40(14-5-1)44-20-12-21-52(36-44)59(54-31-32-56-57(43-17-8-3-9-18-43)38-50-19-10-11-22-55(50)58(56)39-54)53-30-29-42-23-24-49(35-51(42)37-53)48-28-27-46-33-45(25-26-47(46)34-48)41-15-6-2-7-16-41/h1-39H. The first-order valence-corrected chi connectivity index (χ1v) is 20.3. The van der Waals surface area contributed by atoms with Gasteiger partial charge >= 0.3 is 0 Å². The van der Waals surface area contributed by atoms with Crippen molar-refractivity contribution in [3.05, 3.63) is 237 Å².